The maximum atomic E-state index is 12.5. The van der Waals surface area contributed by atoms with Crippen molar-refractivity contribution in [2.24, 2.45) is 0 Å². The molecule has 0 bridgehead atoms. The number of carbonyl (C=O) groups is 2. The molecule has 25 heavy (non-hydrogen) atoms. The van der Waals surface area contributed by atoms with E-state index in [0.29, 0.717) is 18.7 Å². The van der Waals surface area contributed by atoms with Gasteiger partial charge >= 0.3 is 0 Å². The fourth-order valence-corrected chi connectivity index (χ4v) is 6.05. The lowest BCUT2D eigenvalue weighted by Gasteiger charge is -2.29. The van der Waals surface area contributed by atoms with Crippen molar-refractivity contribution in [2.75, 3.05) is 12.3 Å². The van der Waals surface area contributed by atoms with E-state index in [9.17, 15) is 9.59 Å². The Balaban J connectivity index is 1.28. The van der Waals surface area contributed by atoms with Crippen LogP contribution >= 0.6 is 23.1 Å². The van der Waals surface area contributed by atoms with Crippen molar-refractivity contribution >= 4 is 45.1 Å². The zero-order valence-corrected chi connectivity index (χ0v) is 15.8. The summed E-state index contributed by atoms with van der Waals surface area (Å²) in [7, 11) is 0. The molecule has 7 heteroatoms. The molecule has 2 atom stereocenters. The predicted octanol–water partition coefficient (Wildman–Crippen LogP) is 2.80. The van der Waals surface area contributed by atoms with Crippen LogP contribution in [0.4, 0.5) is 0 Å². The van der Waals surface area contributed by atoms with Gasteiger partial charge in [-0.2, -0.15) is 0 Å². The standard InChI is InChI=1S/C18H21N3O2S2/c1-18-9-8-16(22)21(18)13(11-24-18)17(23)19-10-4-7-15-20-12-5-2-3-6-14(12)25-15/h2-3,5-6,13H,4,7-11H2,1H3,(H,19,23). The molecule has 2 fully saturated rings. The monoisotopic (exact) mass is 375 g/mol. The molecule has 4 rings (SSSR count). The van der Waals surface area contributed by atoms with Crippen molar-refractivity contribution in [2.45, 2.75) is 43.5 Å². The first kappa shape index (κ1) is 16.8. The smallest absolute Gasteiger partial charge is 0.243 e. The third-order valence-electron chi connectivity index (χ3n) is 4.95. The Morgan fingerprint density at radius 3 is 3.12 bits per heavy atom. The molecular weight excluding hydrogens is 354 g/mol. The third-order valence-corrected chi connectivity index (χ3v) is 7.55. The summed E-state index contributed by atoms with van der Waals surface area (Å²) >= 11 is 3.44. The molecule has 2 amide bonds. The van der Waals surface area contributed by atoms with E-state index in [4.69, 9.17) is 0 Å². The highest BCUT2D eigenvalue weighted by Crippen LogP contribution is 2.47. The molecule has 0 saturated carbocycles. The molecule has 1 N–H and O–H groups in total. The SMILES string of the molecule is CC12CCC(=O)N1C(C(=O)NCCCc1nc3ccccc3s1)CS2. The maximum absolute atomic E-state index is 12.5. The van der Waals surface area contributed by atoms with Crippen LogP contribution in [0, 0.1) is 0 Å². The minimum Gasteiger partial charge on any atom is -0.354 e. The largest absolute Gasteiger partial charge is 0.354 e. The minimum absolute atomic E-state index is 0.0178. The van der Waals surface area contributed by atoms with Crippen molar-refractivity contribution in [3.05, 3.63) is 29.3 Å². The Morgan fingerprint density at radius 2 is 2.28 bits per heavy atom. The van der Waals surface area contributed by atoms with Crippen LogP contribution in [-0.4, -0.2) is 44.9 Å². The fourth-order valence-electron chi connectivity index (χ4n) is 3.61. The zero-order valence-electron chi connectivity index (χ0n) is 14.2. The van der Waals surface area contributed by atoms with Crippen LogP contribution in [0.2, 0.25) is 0 Å². The lowest BCUT2D eigenvalue weighted by molar-refractivity contribution is -0.137. The van der Waals surface area contributed by atoms with E-state index in [1.165, 1.54) is 4.70 Å². The molecule has 2 aromatic rings. The summed E-state index contributed by atoms with van der Waals surface area (Å²) in [5.74, 6) is 0.796. The number of benzene rings is 1. The summed E-state index contributed by atoms with van der Waals surface area (Å²) in [6, 6.07) is 7.82. The molecule has 2 saturated heterocycles. The first-order valence-electron chi connectivity index (χ1n) is 8.65. The number of thioether (sulfide) groups is 1. The Labute approximate surface area is 155 Å². The van der Waals surface area contributed by atoms with Gasteiger partial charge in [-0.3, -0.25) is 9.59 Å². The van der Waals surface area contributed by atoms with Gasteiger partial charge in [0.2, 0.25) is 11.8 Å². The van der Waals surface area contributed by atoms with Crippen LogP contribution in [0.25, 0.3) is 10.2 Å². The number of fused-ring (bicyclic) bond motifs is 2. The molecule has 132 valence electrons. The number of hydrogen-bond acceptors (Lipinski definition) is 5. The number of nitrogens with zero attached hydrogens (tertiary/aromatic N) is 2. The summed E-state index contributed by atoms with van der Waals surface area (Å²) in [5, 5.41) is 4.12. The number of carbonyl (C=O) groups excluding carboxylic acids is 2. The zero-order chi connectivity index (χ0) is 17.4. The van der Waals surface area contributed by atoms with Gasteiger partial charge in [0, 0.05) is 25.1 Å². The number of hydrogen-bond donors (Lipinski definition) is 1. The van der Waals surface area contributed by atoms with E-state index >= 15 is 0 Å². The van der Waals surface area contributed by atoms with Crippen LogP contribution in [-0.2, 0) is 16.0 Å². The summed E-state index contributed by atoms with van der Waals surface area (Å²) in [6.45, 7) is 2.69. The topological polar surface area (TPSA) is 62.3 Å². The lowest BCUT2D eigenvalue weighted by Crippen LogP contribution is -2.50. The van der Waals surface area contributed by atoms with Crippen LogP contribution < -0.4 is 5.32 Å². The van der Waals surface area contributed by atoms with Crippen LogP contribution in [0.3, 0.4) is 0 Å². The van der Waals surface area contributed by atoms with Crippen LogP contribution in [0.15, 0.2) is 24.3 Å². The summed E-state index contributed by atoms with van der Waals surface area (Å²) < 4.78 is 1.20. The molecule has 0 radical (unpaired) electrons. The quantitative estimate of drug-likeness (QED) is 0.817. The Bertz CT molecular complexity index is 789. The van der Waals surface area contributed by atoms with Crippen molar-refractivity contribution in [1.29, 1.82) is 0 Å². The molecule has 0 spiro atoms. The molecule has 2 aliphatic rings. The van der Waals surface area contributed by atoms with Crippen LogP contribution in [0.5, 0.6) is 0 Å². The number of amides is 2. The highest BCUT2D eigenvalue weighted by atomic mass is 32.2. The number of aryl methyl sites for hydroxylation is 1. The van der Waals surface area contributed by atoms with Gasteiger partial charge in [0.1, 0.15) is 6.04 Å². The van der Waals surface area contributed by atoms with Crippen molar-refractivity contribution in [3.8, 4) is 0 Å². The third kappa shape index (κ3) is 3.15. The molecular formula is C18H21N3O2S2. The highest BCUT2D eigenvalue weighted by Gasteiger charge is 2.52. The average molecular weight is 376 g/mol. The molecule has 5 nitrogen and oxygen atoms in total. The minimum atomic E-state index is -0.313. The van der Waals surface area contributed by atoms with Gasteiger partial charge in [-0.1, -0.05) is 12.1 Å². The molecule has 2 unspecified atom stereocenters. The lowest BCUT2D eigenvalue weighted by atomic mass is 10.2. The molecule has 2 aliphatic heterocycles. The number of thiazole rings is 1. The summed E-state index contributed by atoms with van der Waals surface area (Å²) in [6.07, 6.45) is 3.12. The van der Waals surface area contributed by atoms with Crippen molar-refractivity contribution < 1.29 is 9.59 Å². The van der Waals surface area contributed by atoms with E-state index in [1.807, 2.05) is 18.2 Å². The van der Waals surface area contributed by atoms with Crippen LogP contribution in [0.1, 0.15) is 31.2 Å². The molecule has 1 aromatic carbocycles. The van der Waals surface area contributed by atoms with Gasteiger partial charge < -0.3 is 10.2 Å². The normalized spacial score (nSPS) is 25.6. The van der Waals surface area contributed by atoms with E-state index in [2.05, 4.69) is 23.3 Å². The van der Waals surface area contributed by atoms with E-state index in [-0.39, 0.29) is 22.7 Å². The van der Waals surface area contributed by atoms with E-state index < -0.39 is 0 Å². The Kier molecular flexibility index (Phi) is 4.45. The second-order valence-corrected chi connectivity index (χ2v) is 9.35. The summed E-state index contributed by atoms with van der Waals surface area (Å²) in [5.41, 5.74) is 1.04. The van der Waals surface area contributed by atoms with Crippen molar-refractivity contribution in [3.63, 3.8) is 0 Å². The molecule has 1 aromatic heterocycles. The maximum Gasteiger partial charge on any atom is 0.243 e. The highest BCUT2D eigenvalue weighted by molar-refractivity contribution is 8.01. The second kappa shape index (κ2) is 6.61. The number of rotatable bonds is 5. The Hall–Kier alpha value is -1.60. The number of nitrogens with one attached hydrogen (secondary N) is 1. The van der Waals surface area contributed by atoms with Gasteiger partial charge in [0.05, 0.1) is 20.1 Å². The molecule has 0 aliphatic carbocycles. The fraction of sp³-hybridized carbons (Fsp3) is 0.500. The van der Waals surface area contributed by atoms with E-state index in [0.717, 1.165) is 29.8 Å². The van der Waals surface area contributed by atoms with Gasteiger partial charge in [-0.15, -0.1) is 23.1 Å². The summed E-state index contributed by atoms with van der Waals surface area (Å²) in [4.78, 5) is 30.8. The van der Waals surface area contributed by atoms with Gasteiger partial charge in [-0.25, -0.2) is 4.98 Å². The van der Waals surface area contributed by atoms with Gasteiger partial charge in [0.25, 0.3) is 0 Å². The predicted molar refractivity (Wildman–Crippen MR) is 102 cm³/mol. The van der Waals surface area contributed by atoms with E-state index in [1.54, 1.807) is 28.0 Å². The number of para-hydroxylation sites is 1. The average Bonchev–Trinajstić information content (AvgIpc) is 3.24. The van der Waals surface area contributed by atoms with Gasteiger partial charge in [-0.05, 0) is 31.9 Å². The van der Waals surface area contributed by atoms with Crippen molar-refractivity contribution in [1.82, 2.24) is 15.2 Å². The Morgan fingerprint density at radius 1 is 1.44 bits per heavy atom. The van der Waals surface area contributed by atoms with Gasteiger partial charge in [0.15, 0.2) is 0 Å². The second-order valence-electron chi connectivity index (χ2n) is 6.74. The first-order valence-corrected chi connectivity index (χ1v) is 10.5. The molecule has 3 heterocycles. The first-order chi connectivity index (χ1) is 12.1. The number of aromatic nitrogens is 1.